The second-order valence-electron chi connectivity index (χ2n) is 4.79. The van der Waals surface area contributed by atoms with Crippen LogP contribution in [0.3, 0.4) is 0 Å². The van der Waals surface area contributed by atoms with Crippen LogP contribution in [0, 0.1) is 11.8 Å². The molecule has 0 bridgehead atoms. The van der Waals surface area contributed by atoms with Gasteiger partial charge in [-0.05, 0) is 12.3 Å². The van der Waals surface area contributed by atoms with E-state index in [1.165, 1.54) is 0 Å². The lowest BCUT2D eigenvalue weighted by Crippen LogP contribution is -2.49. The third kappa shape index (κ3) is 3.59. The number of carbonyl (C=O) groups is 2. The normalized spacial score (nSPS) is 21.6. The van der Waals surface area contributed by atoms with Gasteiger partial charge in [0.15, 0.2) is 0 Å². The maximum absolute atomic E-state index is 11.8. The van der Waals surface area contributed by atoms with Gasteiger partial charge in [-0.3, -0.25) is 0 Å². The molecule has 1 fully saturated rings. The first-order valence-corrected chi connectivity index (χ1v) is 5.84. The predicted octanol–water partition coefficient (Wildman–Crippen LogP) is 0.119. The molecule has 1 saturated heterocycles. The molecule has 0 aromatic rings. The number of carboxylic acid groups (broad SMARTS) is 1. The first kappa shape index (κ1) is 13.8. The molecule has 1 rings (SSSR count). The first-order valence-electron chi connectivity index (χ1n) is 5.84. The van der Waals surface area contributed by atoms with Crippen molar-refractivity contribution in [1.82, 2.24) is 10.2 Å². The Balaban J connectivity index is 2.51. The van der Waals surface area contributed by atoms with Gasteiger partial charge in [0.2, 0.25) is 0 Å². The van der Waals surface area contributed by atoms with E-state index in [2.05, 4.69) is 5.32 Å². The van der Waals surface area contributed by atoms with Gasteiger partial charge >= 0.3 is 12.0 Å². The van der Waals surface area contributed by atoms with Crippen LogP contribution < -0.4 is 5.32 Å². The molecule has 2 atom stereocenters. The fraction of sp³-hybridized carbons (Fsp3) is 0.818. The summed E-state index contributed by atoms with van der Waals surface area (Å²) in [5.74, 6) is -1.07. The van der Waals surface area contributed by atoms with Crippen molar-refractivity contribution in [2.75, 3.05) is 19.7 Å². The molecule has 6 nitrogen and oxygen atoms in total. The smallest absolute Gasteiger partial charge is 0.326 e. The summed E-state index contributed by atoms with van der Waals surface area (Å²) in [5, 5.41) is 20.4. The average Bonchev–Trinajstić information content (AvgIpc) is 2.73. The van der Waals surface area contributed by atoms with Gasteiger partial charge in [0.25, 0.3) is 0 Å². The quantitative estimate of drug-likeness (QED) is 0.655. The van der Waals surface area contributed by atoms with Gasteiger partial charge in [0.05, 0.1) is 0 Å². The fourth-order valence-corrected chi connectivity index (χ4v) is 1.90. The summed E-state index contributed by atoms with van der Waals surface area (Å²) in [4.78, 5) is 24.3. The Morgan fingerprint density at radius 1 is 1.47 bits per heavy atom. The van der Waals surface area contributed by atoms with Crippen molar-refractivity contribution in [3.8, 4) is 0 Å². The lowest BCUT2D eigenvalue weighted by atomic mass is 10.1. The molecule has 3 N–H and O–H groups in total. The highest BCUT2D eigenvalue weighted by Crippen LogP contribution is 2.15. The maximum atomic E-state index is 11.8. The molecule has 0 aromatic heterocycles. The van der Waals surface area contributed by atoms with E-state index < -0.39 is 12.0 Å². The van der Waals surface area contributed by atoms with Gasteiger partial charge in [0, 0.05) is 25.6 Å². The number of aliphatic hydroxyl groups is 1. The van der Waals surface area contributed by atoms with Crippen LogP contribution in [0.25, 0.3) is 0 Å². The number of nitrogens with zero attached hydrogens (tertiary/aromatic N) is 1. The summed E-state index contributed by atoms with van der Waals surface area (Å²) in [5.41, 5.74) is 0. The highest BCUT2D eigenvalue weighted by molar-refractivity contribution is 5.82. The Morgan fingerprint density at radius 2 is 2.12 bits per heavy atom. The van der Waals surface area contributed by atoms with E-state index in [1.807, 2.05) is 0 Å². The van der Waals surface area contributed by atoms with E-state index in [0.29, 0.717) is 13.1 Å². The minimum absolute atomic E-state index is 0.0658. The number of urea groups is 1. The summed E-state index contributed by atoms with van der Waals surface area (Å²) in [7, 11) is 0. The number of hydrogen-bond donors (Lipinski definition) is 3. The van der Waals surface area contributed by atoms with Crippen molar-refractivity contribution < 1.29 is 19.8 Å². The number of aliphatic carboxylic acids is 1. The number of nitrogens with one attached hydrogen (secondary N) is 1. The summed E-state index contributed by atoms with van der Waals surface area (Å²) in [6.07, 6.45) is 0.767. The number of carboxylic acids is 1. The van der Waals surface area contributed by atoms with Gasteiger partial charge in [-0.1, -0.05) is 13.8 Å². The van der Waals surface area contributed by atoms with E-state index >= 15 is 0 Å². The number of rotatable bonds is 4. The van der Waals surface area contributed by atoms with Crippen molar-refractivity contribution in [3.05, 3.63) is 0 Å². The maximum Gasteiger partial charge on any atom is 0.326 e. The standard InChI is InChI=1S/C11H20N2O4/c1-7(2)9(10(15)16)12-11(17)13-4-3-8(5-13)6-14/h7-9,14H,3-6H2,1-2H3,(H,12,17)(H,15,16). The Bertz CT molecular complexity index is 293. The molecule has 2 unspecified atom stereocenters. The van der Waals surface area contributed by atoms with Crippen molar-refractivity contribution in [2.24, 2.45) is 11.8 Å². The Labute approximate surface area is 101 Å². The van der Waals surface area contributed by atoms with E-state index in [-0.39, 0.29) is 24.5 Å². The highest BCUT2D eigenvalue weighted by atomic mass is 16.4. The molecule has 98 valence electrons. The molecule has 0 spiro atoms. The summed E-state index contributed by atoms with van der Waals surface area (Å²) in [6.45, 7) is 4.63. The Morgan fingerprint density at radius 3 is 2.53 bits per heavy atom. The zero-order valence-electron chi connectivity index (χ0n) is 10.2. The molecule has 0 saturated carbocycles. The molecule has 17 heavy (non-hydrogen) atoms. The fourth-order valence-electron chi connectivity index (χ4n) is 1.90. The van der Waals surface area contributed by atoms with E-state index in [9.17, 15) is 9.59 Å². The molecular formula is C11H20N2O4. The minimum atomic E-state index is -1.02. The molecule has 1 heterocycles. The van der Waals surface area contributed by atoms with Gasteiger partial charge in [-0.15, -0.1) is 0 Å². The van der Waals surface area contributed by atoms with Crippen LogP contribution in [0.1, 0.15) is 20.3 Å². The molecule has 0 radical (unpaired) electrons. The Hall–Kier alpha value is -1.30. The minimum Gasteiger partial charge on any atom is -0.480 e. The number of amides is 2. The first-order chi connectivity index (χ1) is 7.95. The summed E-state index contributed by atoms with van der Waals surface area (Å²) < 4.78 is 0. The van der Waals surface area contributed by atoms with Crippen molar-refractivity contribution in [2.45, 2.75) is 26.3 Å². The van der Waals surface area contributed by atoms with Crippen molar-refractivity contribution >= 4 is 12.0 Å². The summed E-state index contributed by atoms with van der Waals surface area (Å²) in [6, 6.07) is -1.22. The molecule has 1 aliphatic rings. The molecule has 6 heteroatoms. The monoisotopic (exact) mass is 244 g/mol. The molecule has 1 aliphatic heterocycles. The van der Waals surface area contributed by atoms with E-state index in [0.717, 1.165) is 6.42 Å². The van der Waals surface area contributed by atoms with Crippen LogP contribution >= 0.6 is 0 Å². The van der Waals surface area contributed by atoms with Crippen LogP contribution in [0.4, 0.5) is 4.79 Å². The summed E-state index contributed by atoms with van der Waals surface area (Å²) >= 11 is 0. The zero-order chi connectivity index (χ0) is 13.0. The lowest BCUT2D eigenvalue weighted by molar-refractivity contribution is -0.140. The second kappa shape index (κ2) is 5.86. The van der Waals surface area contributed by atoms with Gasteiger partial charge in [-0.2, -0.15) is 0 Å². The number of likely N-dealkylation sites (tertiary alicyclic amines) is 1. The van der Waals surface area contributed by atoms with Gasteiger partial charge in [-0.25, -0.2) is 9.59 Å². The average molecular weight is 244 g/mol. The van der Waals surface area contributed by atoms with Crippen LogP contribution in [-0.2, 0) is 4.79 Å². The van der Waals surface area contributed by atoms with E-state index in [1.54, 1.807) is 18.7 Å². The highest BCUT2D eigenvalue weighted by Gasteiger charge is 2.29. The van der Waals surface area contributed by atoms with Gasteiger partial charge in [0.1, 0.15) is 6.04 Å². The third-order valence-corrected chi connectivity index (χ3v) is 3.04. The predicted molar refractivity (Wildman–Crippen MR) is 61.6 cm³/mol. The molecule has 0 aliphatic carbocycles. The number of hydrogen-bond acceptors (Lipinski definition) is 3. The van der Waals surface area contributed by atoms with Crippen molar-refractivity contribution in [1.29, 1.82) is 0 Å². The van der Waals surface area contributed by atoms with Crippen LogP contribution in [0.15, 0.2) is 0 Å². The van der Waals surface area contributed by atoms with E-state index in [4.69, 9.17) is 10.2 Å². The van der Waals surface area contributed by atoms with Crippen LogP contribution in [0.2, 0.25) is 0 Å². The Kier molecular flexibility index (Phi) is 4.74. The number of carbonyl (C=O) groups excluding carboxylic acids is 1. The molecule has 2 amide bonds. The largest absolute Gasteiger partial charge is 0.480 e. The lowest BCUT2D eigenvalue weighted by Gasteiger charge is -2.23. The van der Waals surface area contributed by atoms with Crippen molar-refractivity contribution in [3.63, 3.8) is 0 Å². The van der Waals surface area contributed by atoms with Crippen LogP contribution in [0.5, 0.6) is 0 Å². The SMILES string of the molecule is CC(C)C(NC(=O)N1CCC(CO)C1)C(=O)O. The second-order valence-corrected chi connectivity index (χ2v) is 4.79. The topological polar surface area (TPSA) is 89.9 Å². The third-order valence-electron chi connectivity index (χ3n) is 3.04. The zero-order valence-corrected chi connectivity index (χ0v) is 10.2. The molecule has 0 aromatic carbocycles. The van der Waals surface area contributed by atoms with Gasteiger partial charge < -0.3 is 20.4 Å². The van der Waals surface area contributed by atoms with Crippen LogP contribution in [-0.4, -0.2) is 52.9 Å². The number of aliphatic hydroxyl groups excluding tert-OH is 1. The molecular weight excluding hydrogens is 224 g/mol.